The molecule has 0 radical (unpaired) electrons. The minimum atomic E-state index is 0.773. The molecule has 1 rings (SSSR count). The Balaban J connectivity index is 0.000000226. The molecule has 0 aromatic carbocycles. The molecule has 0 saturated carbocycles. The van der Waals surface area contributed by atoms with Crippen LogP contribution in [0.2, 0.25) is 0 Å². The van der Waals surface area contributed by atoms with Crippen molar-refractivity contribution in [1.82, 2.24) is 5.32 Å². The highest BCUT2D eigenvalue weighted by Gasteiger charge is 1.86. The van der Waals surface area contributed by atoms with Crippen LogP contribution in [0.4, 0.5) is 0 Å². The molecule has 0 spiro atoms. The molecular formula is C11H24N2. The van der Waals surface area contributed by atoms with Gasteiger partial charge in [-0.05, 0) is 38.3 Å². The summed E-state index contributed by atoms with van der Waals surface area (Å²) in [5.74, 6) is 0.773. The van der Waals surface area contributed by atoms with Crippen LogP contribution in [0, 0.1) is 5.92 Å². The highest BCUT2D eigenvalue weighted by atomic mass is 14.8. The van der Waals surface area contributed by atoms with Gasteiger partial charge >= 0.3 is 0 Å². The molecule has 0 bridgehead atoms. The van der Waals surface area contributed by atoms with Crippen LogP contribution in [0.25, 0.3) is 0 Å². The van der Waals surface area contributed by atoms with Gasteiger partial charge in [-0.1, -0.05) is 26.0 Å². The zero-order chi connectivity index (χ0) is 9.94. The molecule has 0 aliphatic carbocycles. The minimum Gasteiger partial charge on any atom is -0.330 e. The van der Waals surface area contributed by atoms with Crippen molar-refractivity contribution in [3.63, 3.8) is 0 Å². The standard InChI is InChI=1S/C6H11N.C5H13N/c1-2-4-6-7-5-3-1;1-5(2)3-4-6/h1,3,7H,2,4-6H2;5H,3-4,6H2,1-2H3. The van der Waals surface area contributed by atoms with Crippen molar-refractivity contribution in [2.75, 3.05) is 19.6 Å². The Hall–Kier alpha value is -0.340. The first kappa shape index (κ1) is 12.7. The quantitative estimate of drug-likeness (QED) is 0.643. The van der Waals surface area contributed by atoms with Crippen molar-refractivity contribution in [3.8, 4) is 0 Å². The molecule has 0 aromatic rings. The maximum absolute atomic E-state index is 5.23. The Bertz CT molecular complexity index is 111. The summed E-state index contributed by atoms with van der Waals surface area (Å²) < 4.78 is 0. The van der Waals surface area contributed by atoms with E-state index in [1.54, 1.807) is 0 Å². The van der Waals surface area contributed by atoms with Crippen LogP contribution in [0.3, 0.4) is 0 Å². The van der Waals surface area contributed by atoms with E-state index in [4.69, 9.17) is 5.73 Å². The van der Waals surface area contributed by atoms with Gasteiger partial charge < -0.3 is 11.1 Å². The highest BCUT2D eigenvalue weighted by molar-refractivity contribution is 4.86. The lowest BCUT2D eigenvalue weighted by atomic mass is 10.1. The van der Waals surface area contributed by atoms with Crippen LogP contribution in [-0.2, 0) is 0 Å². The fourth-order valence-electron chi connectivity index (χ4n) is 1.06. The molecule has 3 N–H and O–H groups in total. The molecule has 13 heavy (non-hydrogen) atoms. The van der Waals surface area contributed by atoms with Crippen LogP contribution in [0.15, 0.2) is 12.2 Å². The molecule has 2 heteroatoms. The van der Waals surface area contributed by atoms with Gasteiger partial charge in [0.05, 0.1) is 0 Å². The molecule has 0 atom stereocenters. The summed E-state index contributed by atoms with van der Waals surface area (Å²) in [5.41, 5.74) is 5.23. The summed E-state index contributed by atoms with van der Waals surface area (Å²) in [6.07, 6.45) is 8.14. The summed E-state index contributed by atoms with van der Waals surface area (Å²) in [6, 6.07) is 0. The summed E-state index contributed by atoms with van der Waals surface area (Å²) in [7, 11) is 0. The maximum atomic E-state index is 5.23. The predicted octanol–water partition coefficient (Wildman–Crippen LogP) is 1.92. The molecule has 0 aromatic heterocycles. The topological polar surface area (TPSA) is 38.0 Å². The lowest BCUT2D eigenvalue weighted by Crippen LogP contribution is -2.12. The minimum absolute atomic E-state index is 0.773. The molecule has 1 aliphatic rings. The third-order valence-corrected chi connectivity index (χ3v) is 1.90. The summed E-state index contributed by atoms with van der Waals surface area (Å²) >= 11 is 0. The van der Waals surface area contributed by atoms with Gasteiger partial charge in [-0.15, -0.1) is 0 Å². The molecule has 0 fully saturated rings. The Kier molecular flexibility index (Phi) is 9.49. The van der Waals surface area contributed by atoms with Gasteiger partial charge in [0.25, 0.3) is 0 Å². The van der Waals surface area contributed by atoms with Crippen molar-refractivity contribution in [2.24, 2.45) is 11.7 Å². The smallest absolute Gasteiger partial charge is 0.0134 e. The van der Waals surface area contributed by atoms with Gasteiger partial charge in [0.2, 0.25) is 0 Å². The summed E-state index contributed by atoms with van der Waals surface area (Å²) in [5, 5.41) is 3.26. The third kappa shape index (κ3) is 11.7. The van der Waals surface area contributed by atoms with E-state index in [0.29, 0.717) is 0 Å². The molecule has 1 heterocycles. The first-order chi connectivity index (χ1) is 6.27. The van der Waals surface area contributed by atoms with E-state index < -0.39 is 0 Å². The van der Waals surface area contributed by atoms with Crippen LogP contribution in [0.5, 0.6) is 0 Å². The number of hydrogen-bond acceptors (Lipinski definition) is 2. The molecule has 0 saturated heterocycles. The fourth-order valence-corrected chi connectivity index (χ4v) is 1.06. The van der Waals surface area contributed by atoms with Crippen molar-refractivity contribution < 1.29 is 0 Å². The van der Waals surface area contributed by atoms with E-state index in [0.717, 1.165) is 25.4 Å². The monoisotopic (exact) mass is 184 g/mol. The number of rotatable bonds is 2. The SMILES string of the molecule is C1=CCNCCC1.CC(C)CCN. The van der Waals surface area contributed by atoms with Gasteiger partial charge in [-0.2, -0.15) is 0 Å². The average Bonchev–Trinajstić information content (AvgIpc) is 2.35. The van der Waals surface area contributed by atoms with Gasteiger partial charge in [-0.25, -0.2) is 0 Å². The molecular weight excluding hydrogens is 160 g/mol. The van der Waals surface area contributed by atoms with Gasteiger partial charge in [0.1, 0.15) is 0 Å². The summed E-state index contributed by atoms with van der Waals surface area (Å²) in [6.45, 7) is 7.43. The maximum Gasteiger partial charge on any atom is 0.0134 e. The van der Waals surface area contributed by atoms with Gasteiger partial charge in [0, 0.05) is 6.54 Å². The van der Waals surface area contributed by atoms with E-state index in [1.807, 2.05) is 0 Å². The van der Waals surface area contributed by atoms with Crippen molar-refractivity contribution in [2.45, 2.75) is 33.1 Å². The molecule has 2 nitrogen and oxygen atoms in total. The Morgan fingerprint density at radius 3 is 2.69 bits per heavy atom. The first-order valence-corrected chi connectivity index (χ1v) is 5.33. The van der Waals surface area contributed by atoms with Crippen LogP contribution in [0.1, 0.15) is 33.1 Å². The van der Waals surface area contributed by atoms with Crippen molar-refractivity contribution in [1.29, 1.82) is 0 Å². The Morgan fingerprint density at radius 2 is 2.15 bits per heavy atom. The predicted molar refractivity (Wildman–Crippen MR) is 59.8 cm³/mol. The normalized spacial score (nSPS) is 16.3. The van der Waals surface area contributed by atoms with Crippen LogP contribution >= 0.6 is 0 Å². The third-order valence-electron chi connectivity index (χ3n) is 1.90. The molecule has 1 aliphatic heterocycles. The number of allylic oxidation sites excluding steroid dienone is 1. The van der Waals surface area contributed by atoms with Gasteiger partial charge in [-0.3, -0.25) is 0 Å². The zero-order valence-corrected chi connectivity index (χ0v) is 9.05. The second-order valence-corrected chi connectivity index (χ2v) is 3.79. The second kappa shape index (κ2) is 9.75. The fraction of sp³-hybridized carbons (Fsp3) is 0.818. The van der Waals surface area contributed by atoms with E-state index in [2.05, 4.69) is 31.3 Å². The first-order valence-electron chi connectivity index (χ1n) is 5.33. The zero-order valence-electron chi connectivity index (χ0n) is 9.05. The van der Waals surface area contributed by atoms with E-state index in [9.17, 15) is 0 Å². The average molecular weight is 184 g/mol. The van der Waals surface area contributed by atoms with Gasteiger partial charge in [0.15, 0.2) is 0 Å². The lowest BCUT2D eigenvalue weighted by molar-refractivity contribution is 0.596. The number of nitrogens with two attached hydrogens (primary N) is 1. The Labute approximate surface area is 82.6 Å². The van der Waals surface area contributed by atoms with Crippen LogP contribution < -0.4 is 11.1 Å². The second-order valence-electron chi connectivity index (χ2n) is 3.79. The molecule has 78 valence electrons. The Morgan fingerprint density at radius 1 is 1.38 bits per heavy atom. The van der Waals surface area contributed by atoms with E-state index >= 15 is 0 Å². The summed E-state index contributed by atoms with van der Waals surface area (Å²) in [4.78, 5) is 0. The van der Waals surface area contributed by atoms with E-state index in [-0.39, 0.29) is 0 Å². The molecule has 0 unspecified atom stereocenters. The lowest BCUT2D eigenvalue weighted by Gasteiger charge is -1.96. The number of hydrogen-bond donors (Lipinski definition) is 2. The largest absolute Gasteiger partial charge is 0.330 e. The van der Waals surface area contributed by atoms with E-state index in [1.165, 1.54) is 19.4 Å². The van der Waals surface area contributed by atoms with Crippen molar-refractivity contribution in [3.05, 3.63) is 12.2 Å². The van der Waals surface area contributed by atoms with Crippen LogP contribution in [-0.4, -0.2) is 19.6 Å². The number of nitrogens with one attached hydrogen (secondary N) is 1. The highest BCUT2D eigenvalue weighted by Crippen LogP contribution is 1.93. The van der Waals surface area contributed by atoms with Crippen molar-refractivity contribution >= 4 is 0 Å². The molecule has 0 amide bonds.